The van der Waals surface area contributed by atoms with E-state index < -0.39 is 0 Å². The van der Waals surface area contributed by atoms with E-state index in [4.69, 9.17) is 4.74 Å². The fourth-order valence-corrected chi connectivity index (χ4v) is 3.20. The first-order valence-corrected chi connectivity index (χ1v) is 7.28. The molecule has 18 heavy (non-hydrogen) atoms. The highest BCUT2D eigenvalue weighted by Gasteiger charge is 2.37. The Bertz CT molecular complexity index is 299. The molecule has 0 aromatic heterocycles. The molecule has 0 bridgehead atoms. The van der Waals surface area contributed by atoms with Crippen LogP contribution in [-0.2, 0) is 9.53 Å². The minimum absolute atomic E-state index is 0.157. The van der Waals surface area contributed by atoms with E-state index in [1.165, 1.54) is 32.1 Å². The molecule has 3 aliphatic heterocycles. The number of carbonyl (C=O) groups excluding carboxylic acids is 1. The molecule has 0 N–H and O–H groups in total. The molecule has 0 saturated carbocycles. The molecule has 0 aliphatic carbocycles. The SMILES string of the molecule is O=C1C(N2CCCC2)OCCN1N1CCCCC1. The largest absolute Gasteiger partial charge is 0.352 e. The fraction of sp³-hybridized carbons (Fsp3) is 0.923. The molecule has 3 rings (SSSR count). The summed E-state index contributed by atoms with van der Waals surface area (Å²) >= 11 is 0. The first kappa shape index (κ1) is 12.4. The summed E-state index contributed by atoms with van der Waals surface area (Å²) in [4.78, 5) is 14.7. The average molecular weight is 253 g/mol. The van der Waals surface area contributed by atoms with Gasteiger partial charge in [0.15, 0.2) is 6.23 Å². The predicted octanol–water partition coefficient (Wildman–Crippen LogP) is 0.668. The maximum Gasteiger partial charge on any atom is 0.281 e. The van der Waals surface area contributed by atoms with Crippen LogP contribution in [0.5, 0.6) is 0 Å². The summed E-state index contributed by atoms with van der Waals surface area (Å²) in [6, 6.07) is 0. The number of amides is 1. The molecule has 5 nitrogen and oxygen atoms in total. The van der Waals surface area contributed by atoms with Crippen LogP contribution in [0.1, 0.15) is 32.1 Å². The summed E-state index contributed by atoms with van der Waals surface area (Å²) in [5, 5.41) is 4.18. The second-order valence-electron chi connectivity index (χ2n) is 5.44. The van der Waals surface area contributed by atoms with Gasteiger partial charge in [-0.15, -0.1) is 0 Å². The van der Waals surface area contributed by atoms with Crippen molar-refractivity contribution < 1.29 is 9.53 Å². The Balaban J connectivity index is 1.65. The Morgan fingerprint density at radius 2 is 1.56 bits per heavy atom. The molecule has 102 valence electrons. The molecule has 0 aromatic carbocycles. The van der Waals surface area contributed by atoms with Gasteiger partial charge in [0.1, 0.15) is 0 Å². The molecule has 1 atom stereocenters. The molecule has 3 fully saturated rings. The molecular weight excluding hydrogens is 230 g/mol. The minimum atomic E-state index is -0.317. The number of rotatable bonds is 2. The molecule has 0 radical (unpaired) electrons. The first-order chi connectivity index (χ1) is 8.86. The molecule has 1 unspecified atom stereocenters. The molecular formula is C13H23N3O2. The minimum Gasteiger partial charge on any atom is -0.352 e. The summed E-state index contributed by atoms with van der Waals surface area (Å²) in [5.74, 6) is 0.157. The van der Waals surface area contributed by atoms with Crippen molar-refractivity contribution in [1.82, 2.24) is 14.9 Å². The number of hydrazine groups is 1. The van der Waals surface area contributed by atoms with Gasteiger partial charge in [-0.05, 0) is 25.7 Å². The smallest absolute Gasteiger partial charge is 0.281 e. The predicted molar refractivity (Wildman–Crippen MR) is 67.7 cm³/mol. The summed E-state index contributed by atoms with van der Waals surface area (Å²) in [5.41, 5.74) is 0. The van der Waals surface area contributed by atoms with Crippen molar-refractivity contribution >= 4 is 5.91 Å². The van der Waals surface area contributed by atoms with Gasteiger partial charge in [-0.1, -0.05) is 6.42 Å². The van der Waals surface area contributed by atoms with Gasteiger partial charge in [-0.3, -0.25) is 14.7 Å². The van der Waals surface area contributed by atoms with Crippen molar-refractivity contribution in [3.63, 3.8) is 0 Å². The van der Waals surface area contributed by atoms with E-state index in [0.717, 1.165) is 32.7 Å². The quantitative estimate of drug-likeness (QED) is 0.724. The van der Waals surface area contributed by atoms with Crippen LogP contribution in [-0.4, -0.2) is 66.4 Å². The number of morpholine rings is 1. The lowest BCUT2D eigenvalue weighted by Gasteiger charge is -2.43. The summed E-state index contributed by atoms with van der Waals surface area (Å²) in [6.45, 7) is 5.46. The molecule has 3 aliphatic rings. The first-order valence-electron chi connectivity index (χ1n) is 7.28. The van der Waals surface area contributed by atoms with Gasteiger partial charge in [0, 0.05) is 26.2 Å². The number of ether oxygens (including phenoxy) is 1. The van der Waals surface area contributed by atoms with Gasteiger partial charge in [0.2, 0.25) is 0 Å². The molecule has 0 spiro atoms. The second kappa shape index (κ2) is 5.55. The number of hydrogen-bond acceptors (Lipinski definition) is 4. The lowest BCUT2D eigenvalue weighted by atomic mass is 10.1. The lowest BCUT2D eigenvalue weighted by molar-refractivity contribution is -0.194. The van der Waals surface area contributed by atoms with E-state index in [2.05, 4.69) is 9.91 Å². The van der Waals surface area contributed by atoms with E-state index in [-0.39, 0.29) is 12.1 Å². The zero-order valence-corrected chi connectivity index (χ0v) is 11.0. The van der Waals surface area contributed by atoms with Crippen molar-refractivity contribution in [1.29, 1.82) is 0 Å². The van der Waals surface area contributed by atoms with E-state index in [9.17, 15) is 4.79 Å². The average Bonchev–Trinajstić information content (AvgIpc) is 2.94. The van der Waals surface area contributed by atoms with E-state index in [1.54, 1.807) is 0 Å². The maximum absolute atomic E-state index is 12.5. The van der Waals surface area contributed by atoms with Crippen molar-refractivity contribution in [2.24, 2.45) is 0 Å². The van der Waals surface area contributed by atoms with Crippen LogP contribution in [0, 0.1) is 0 Å². The lowest BCUT2D eigenvalue weighted by Crippen LogP contribution is -2.60. The van der Waals surface area contributed by atoms with Crippen LogP contribution in [0.4, 0.5) is 0 Å². The van der Waals surface area contributed by atoms with Crippen LogP contribution < -0.4 is 0 Å². The summed E-state index contributed by atoms with van der Waals surface area (Å²) in [7, 11) is 0. The van der Waals surface area contributed by atoms with Crippen LogP contribution in [0.25, 0.3) is 0 Å². The highest BCUT2D eigenvalue weighted by molar-refractivity contribution is 5.80. The second-order valence-corrected chi connectivity index (χ2v) is 5.44. The Morgan fingerprint density at radius 1 is 0.889 bits per heavy atom. The monoisotopic (exact) mass is 253 g/mol. The zero-order chi connectivity index (χ0) is 12.4. The van der Waals surface area contributed by atoms with Gasteiger partial charge in [0.25, 0.3) is 5.91 Å². The maximum atomic E-state index is 12.5. The van der Waals surface area contributed by atoms with Gasteiger partial charge < -0.3 is 4.74 Å². The topological polar surface area (TPSA) is 36.0 Å². The number of carbonyl (C=O) groups is 1. The van der Waals surface area contributed by atoms with Crippen LogP contribution in [0.2, 0.25) is 0 Å². The van der Waals surface area contributed by atoms with Crippen molar-refractivity contribution in [2.75, 3.05) is 39.3 Å². The molecule has 5 heteroatoms. The number of piperidine rings is 1. The fourth-order valence-electron chi connectivity index (χ4n) is 3.20. The number of hydrogen-bond donors (Lipinski definition) is 0. The summed E-state index contributed by atoms with van der Waals surface area (Å²) < 4.78 is 5.70. The van der Waals surface area contributed by atoms with Gasteiger partial charge >= 0.3 is 0 Å². The standard InChI is InChI=1S/C13H23N3O2/c17-12-13(14-6-4-5-7-14)18-11-10-16(12)15-8-2-1-3-9-15/h13H,1-11H2. The Kier molecular flexibility index (Phi) is 3.82. The van der Waals surface area contributed by atoms with E-state index in [1.807, 2.05) is 5.01 Å². The highest BCUT2D eigenvalue weighted by Crippen LogP contribution is 2.20. The highest BCUT2D eigenvalue weighted by atomic mass is 16.5. The van der Waals surface area contributed by atoms with Gasteiger partial charge in [-0.25, -0.2) is 5.01 Å². The molecule has 3 heterocycles. The zero-order valence-electron chi connectivity index (χ0n) is 11.0. The Hall–Kier alpha value is -0.650. The third kappa shape index (κ3) is 2.39. The van der Waals surface area contributed by atoms with Gasteiger partial charge in [0.05, 0.1) is 13.2 Å². The molecule has 0 aromatic rings. The molecule has 1 amide bonds. The van der Waals surface area contributed by atoms with E-state index in [0.29, 0.717) is 6.61 Å². The van der Waals surface area contributed by atoms with Gasteiger partial charge in [-0.2, -0.15) is 0 Å². The van der Waals surface area contributed by atoms with Crippen LogP contribution in [0.15, 0.2) is 0 Å². The van der Waals surface area contributed by atoms with Crippen LogP contribution >= 0.6 is 0 Å². The Morgan fingerprint density at radius 3 is 2.28 bits per heavy atom. The van der Waals surface area contributed by atoms with E-state index >= 15 is 0 Å². The normalized spacial score (nSPS) is 32.1. The number of likely N-dealkylation sites (tertiary alicyclic amines) is 1. The molecule has 3 saturated heterocycles. The van der Waals surface area contributed by atoms with Crippen molar-refractivity contribution in [3.05, 3.63) is 0 Å². The van der Waals surface area contributed by atoms with Crippen LogP contribution in [0.3, 0.4) is 0 Å². The van der Waals surface area contributed by atoms with Crippen molar-refractivity contribution in [2.45, 2.75) is 38.3 Å². The third-order valence-corrected chi connectivity index (χ3v) is 4.19. The van der Waals surface area contributed by atoms with Crippen molar-refractivity contribution in [3.8, 4) is 0 Å². The third-order valence-electron chi connectivity index (χ3n) is 4.19. The summed E-state index contributed by atoms with van der Waals surface area (Å²) in [6.07, 6.45) is 5.78. The Labute approximate surface area is 109 Å². The number of nitrogens with zero attached hydrogens (tertiary/aromatic N) is 3.